The van der Waals surface area contributed by atoms with Gasteiger partial charge in [-0.25, -0.2) is 3.96 Å². The summed E-state index contributed by atoms with van der Waals surface area (Å²) in [6.45, 7) is 0. The summed E-state index contributed by atoms with van der Waals surface area (Å²) in [5.41, 5.74) is 7.03. The number of aromatic nitrogens is 1. The van der Waals surface area contributed by atoms with Crippen LogP contribution in [-0.2, 0) is 0 Å². The van der Waals surface area contributed by atoms with Crippen molar-refractivity contribution in [2.45, 2.75) is 0 Å². The molecule has 0 amide bonds. The molecule has 0 fully saturated rings. The minimum absolute atomic E-state index is 0.109. The van der Waals surface area contributed by atoms with Gasteiger partial charge in [0, 0.05) is 5.69 Å². The fraction of sp³-hybridized carbons (Fsp3) is 0. The molecule has 0 spiro atoms. The summed E-state index contributed by atoms with van der Waals surface area (Å²) >= 11 is 1.32. The zero-order chi connectivity index (χ0) is 13.4. The second kappa shape index (κ2) is 4.26. The number of rotatable bonds is 1. The number of nitrogens with two attached hydrogens (primary N) is 1. The quantitative estimate of drug-likeness (QED) is 0.688. The molecule has 4 nitrogen and oxygen atoms in total. The van der Waals surface area contributed by atoms with Crippen LogP contribution < -0.4 is 11.3 Å². The third-order valence-corrected chi connectivity index (χ3v) is 3.95. The van der Waals surface area contributed by atoms with E-state index in [4.69, 9.17) is 11.0 Å². The highest BCUT2D eigenvalue weighted by molar-refractivity contribution is 7.14. The molecule has 0 atom stereocenters. The van der Waals surface area contributed by atoms with Crippen LogP contribution in [-0.4, -0.2) is 3.96 Å². The summed E-state index contributed by atoms with van der Waals surface area (Å²) in [6, 6.07) is 14.4. The van der Waals surface area contributed by atoms with Crippen LogP contribution in [0.2, 0.25) is 0 Å². The molecule has 19 heavy (non-hydrogen) atoms. The van der Waals surface area contributed by atoms with E-state index in [1.165, 1.54) is 15.5 Å². The van der Waals surface area contributed by atoms with Gasteiger partial charge in [0.2, 0.25) is 0 Å². The first kappa shape index (κ1) is 11.5. The monoisotopic (exact) mass is 267 g/mol. The minimum atomic E-state index is -0.109. The third kappa shape index (κ3) is 1.79. The summed E-state index contributed by atoms with van der Waals surface area (Å²) in [5.74, 6) is 0. The summed E-state index contributed by atoms with van der Waals surface area (Å²) in [6.07, 6.45) is 0. The van der Waals surface area contributed by atoms with Gasteiger partial charge in [-0.3, -0.25) is 4.79 Å². The largest absolute Gasteiger partial charge is 0.399 e. The Labute approximate surface area is 113 Å². The van der Waals surface area contributed by atoms with Gasteiger partial charge in [-0.1, -0.05) is 23.7 Å². The van der Waals surface area contributed by atoms with Crippen molar-refractivity contribution in [3.63, 3.8) is 0 Å². The van der Waals surface area contributed by atoms with Gasteiger partial charge in [-0.2, -0.15) is 5.26 Å². The van der Waals surface area contributed by atoms with Crippen LogP contribution in [0.1, 0.15) is 5.56 Å². The second-order valence-electron chi connectivity index (χ2n) is 4.08. The maximum absolute atomic E-state index is 12.3. The Morgan fingerprint density at radius 3 is 2.74 bits per heavy atom. The van der Waals surface area contributed by atoms with E-state index >= 15 is 0 Å². The molecule has 0 aliphatic rings. The van der Waals surface area contributed by atoms with Gasteiger partial charge in [-0.05, 0) is 30.3 Å². The van der Waals surface area contributed by atoms with Crippen molar-refractivity contribution in [3.8, 4) is 11.8 Å². The van der Waals surface area contributed by atoms with Crippen molar-refractivity contribution >= 4 is 27.3 Å². The summed E-state index contributed by atoms with van der Waals surface area (Å²) < 4.78 is 2.43. The lowest BCUT2D eigenvalue weighted by atomic mass is 10.2. The molecule has 0 radical (unpaired) electrons. The van der Waals surface area contributed by atoms with E-state index in [2.05, 4.69) is 6.07 Å². The van der Waals surface area contributed by atoms with E-state index in [1.54, 1.807) is 24.3 Å². The highest BCUT2D eigenvalue weighted by atomic mass is 32.1. The fourth-order valence-corrected chi connectivity index (χ4v) is 2.98. The zero-order valence-electron chi connectivity index (χ0n) is 9.83. The first-order valence-corrected chi connectivity index (χ1v) is 6.39. The molecule has 3 rings (SSSR count). The molecule has 0 bridgehead atoms. The molecule has 2 N–H and O–H groups in total. The van der Waals surface area contributed by atoms with Crippen molar-refractivity contribution in [1.29, 1.82) is 5.26 Å². The van der Waals surface area contributed by atoms with Gasteiger partial charge >= 0.3 is 0 Å². The van der Waals surface area contributed by atoms with E-state index in [1.807, 2.05) is 18.2 Å². The molecule has 0 unspecified atom stereocenters. The molecule has 1 heterocycles. The van der Waals surface area contributed by atoms with Gasteiger partial charge in [0.05, 0.1) is 21.3 Å². The molecule has 3 aromatic rings. The van der Waals surface area contributed by atoms with Gasteiger partial charge in [0.25, 0.3) is 5.56 Å². The highest BCUT2D eigenvalue weighted by Crippen LogP contribution is 2.23. The van der Waals surface area contributed by atoms with Gasteiger partial charge in [0.1, 0.15) is 6.07 Å². The average Bonchev–Trinajstić information content (AvgIpc) is 2.76. The minimum Gasteiger partial charge on any atom is -0.399 e. The van der Waals surface area contributed by atoms with Crippen LogP contribution in [0.3, 0.4) is 0 Å². The fourth-order valence-electron chi connectivity index (χ4n) is 1.95. The molecule has 0 aliphatic heterocycles. The van der Waals surface area contributed by atoms with Crippen molar-refractivity contribution in [2.24, 2.45) is 0 Å². The molecule has 92 valence electrons. The topological polar surface area (TPSA) is 71.8 Å². The van der Waals surface area contributed by atoms with Crippen molar-refractivity contribution < 1.29 is 0 Å². The van der Waals surface area contributed by atoms with Crippen LogP contribution in [0.4, 0.5) is 5.69 Å². The lowest BCUT2D eigenvalue weighted by Gasteiger charge is -2.03. The normalized spacial score (nSPS) is 10.5. The Hall–Kier alpha value is -2.58. The number of fused-ring (bicyclic) bond motifs is 1. The molecule has 1 aromatic heterocycles. The average molecular weight is 267 g/mol. The van der Waals surface area contributed by atoms with Crippen molar-refractivity contribution in [2.75, 3.05) is 5.73 Å². The Balaban J connectivity index is 2.34. The Bertz CT molecular complexity index is 870. The number of hydrogen-bond donors (Lipinski definition) is 1. The van der Waals surface area contributed by atoms with Gasteiger partial charge in [-0.15, -0.1) is 0 Å². The van der Waals surface area contributed by atoms with Crippen LogP contribution in [0.5, 0.6) is 0 Å². The predicted octanol–water partition coefficient (Wildman–Crippen LogP) is 2.51. The number of benzene rings is 2. The highest BCUT2D eigenvalue weighted by Gasteiger charge is 2.12. The standard InChI is InChI=1S/C14H9N3OS/c15-8-9-7-10(16)5-6-12(9)17-14(18)11-3-1-2-4-13(11)19-17/h1-7H,16H2. The molecule has 5 heteroatoms. The maximum Gasteiger partial charge on any atom is 0.273 e. The third-order valence-electron chi connectivity index (χ3n) is 2.85. The molecular weight excluding hydrogens is 258 g/mol. The number of anilines is 1. The van der Waals surface area contributed by atoms with E-state index in [-0.39, 0.29) is 5.56 Å². The van der Waals surface area contributed by atoms with E-state index in [9.17, 15) is 4.79 Å². The van der Waals surface area contributed by atoms with Crippen molar-refractivity contribution in [3.05, 3.63) is 58.4 Å². The van der Waals surface area contributed by atoms with E-state index in [0.717, 1.165) is 4.70 Å². The first-order chi connectivity index (χ1) is 9.20. The Morgan fingerprint density at radius 1 is 1.21 bits per heavy atom. The zero-order valence-corrected chi connectivity index (χ0v) is 10.6. The predicted molar refractivity (Wildman–Crippen MR) is 76.5 cm³/mol. The van der Waals surface area contributed by atoms with Crippen LogP contribution in [0, 0.1) is 11.3 Å². The molecular formula is C14H9N3OS. The van der Waals surface area contributed by atoms with E-state index in [0.29, 0.717) is 22.3 Å². The Morgan fingerprint density at radius 2 is 2.00 bits per heavy atom. The van der Waals surface area contributed by atoms with Gasteiger partial charge < -0.3 is 5.73 Å². The van der Waals surface area contributed by atoms with Crippen LogP contribution in [0.25, 0.3) is 15.8 Å². The van der Waals surface area contributed by atoms with Gasteiger partial charge in [0.15, 0.2) is 0 Å². The lowest BCUT2D eigenvalue weighted by molar-refractivity contribution is 1.13. The van der Waals surface area contributed by atoms with Crippen molar-refractivity contribution in [1.82, 2.24) is 3.96 Å². The lowest BCUT2D eigenvalue weighted by Crippen LogP contribution is -2.12. The second-order valence-corrected chi connectivity index (χ2v) is 5.06. The molecule has 2 aromatic carbocycles. The smallest absolute Gasteiger partial charge is 0.273 e. The number of nitrogens with zero attached hydrogens (tertiary/aromatic N) is 2. The summed E-state index contributed by atoms with van der Waals surface area (Å²) in [5, 5.41) is 9.81. The maximum atomic E-state index is 12.3. The van der Waals surface area contributed by atoms with E-state index < -0.39 is 0 Å². The van der Waals surface area contributed by atoms with Crippen LogP contribution >= 0.6 is 11.5 Å². The number of nitrogen functional groups attached to an aromatic ring is 1. The molecule has 0 saturated carbocycles. The molecule has 0 saturated heterocycles. The first-order valence-electron chi connectivity index (χ1n) is 5.62. The van der Waals surface area contributed by atoms with Crippen LogP contribution in [0.15, 0.2) is 47.3 Å². The Kier molecular flexibility index (Phi) is 2.58. The summed E-state index contributed by atoms with van der Waals surface area (Å²) in [4.78, 5) is 12.3. The molecule has 0 aliphatic carbocycles. The number of nitriles is 1. The number of hydrogen-bond acceptors (Lipinski definition) is 4. The summed E-state index contributed by atoms with van der Waals surface area (Å²) in [7, 11) is 0. The SMILES string of the molecule is N#Cc1cc(N)ccc1-n1sc2ccccc2c1=O.